The first-order valence-electron chi connectivity index (χ1n) is 4.42. The molecular weight excluding hydrogens is 156 g/mol. The van der Waals surface area contributed by atoms with Crippen LogP contribution < -0.4 is 0 Å². The molecule has 0 unspecified atom stereocenters. The van der Waals surface area contributed by atoms with Crippen molar-refractivity contribution < 1.29 is 0 Å². The van der Waals surface area contributed by atoms with E-state index in [0.29, 0.717) is 0 Å². The van der Waals surface area contributed by atoms with Crippen LogP contribution in [0.5, 0.6) is 0 Å². The Morgan fingerprint density at radius 3 is 2.69 bits per heavy atom. The number of hydrogen-bond donors (Lipinski definition) is 0. The number of benzene rings is 1. The summed E-state index contributed by atoms with van der Waals surface area (Å²) in [5, 5.41) is 0. The molecular formula is C13H12. The molecule has 0 spiro atoms. The lowest BCUT2D eigenvalue weighted by atomic mass is 10.1. The predicted octanol–water partition coefficient (Wildman–Crippen LogP) is 3.35. The van der Waals surface area contributed by atoms with Gasteiger partial charge >= 0.3 is 0 Å². The molecule has 0 fully saturated rings. The number of hydrogen-bond acceptors (Lipinski definition) is 0. The first kappa shape index (κ1) is 8.06. The Morgan fingerprint density at radius 2 is 2.08 bits per heavy atom. The fourth-order valence-electron chi connectivity index (χ4n) is 1.49. The SMILES string of the molecule is C=C/C=C(\C=C)c1ccc2c(c1)C2. The van der Waals surface area contributed by atoms with Crippen molar-refractivity contribution in [2.24, 2.45) is 0 Å². The van der Waals surface area contributed by atoms with Gasteiger partial charge in [0.2, 0.25) is 0 Å². The summed E-state index contributed by atoms with van der Waals surface area (Å²) in [5.74, 6) is 0. The van der Waals surface area contributed by atoms with E-state index in [2.05, 4.69) is 31.4 Å². The van der Waals surface area contributed by atoms with Gasteiger partial charge in [-0.25, -0.2) is 0 Å². The van der Waals surface area contributed by atoms with Gasteiger partial charge in [-0.1, -0.05) is 49.6 Å². The van der Waals surface area contributed by atoms with Crippen molar-refractivity contribution in [3.05, 3.63) is 66.3 Å². The third-order valence-corrected chi connectivity index (χ3v) is 2.31. The van der Waals surface area contributed by atoms with Crippen LogP contribution in [0.1, 0.15) is 16.7 Å². The van der Waals surface area contributed by atoms with Crippen molar-refractivity contribution >= 4 is 5.57 Å². The fourth-order valence-corrected chi connectivity index (χ4v) is 1.49. The highest BCUT2D eigenvalue weighted by Crippen LogP contribution is 2.30. The molecule has 1 aliphatic carbocycles. The average Bonchev–Trinajstić information content (AvgIpc) is 2.91. The molecule has 0 nitrogen and oxygen atoms in total. The second kappa shape index (κ2) is 3.06. The van der Waals surface area contributed by atoms with Crippen LogP contribution in [0.15, 0.2) is 49.6 Å². The number of allylic oxidation sites excluding steroid dienone is 4. The summed E-state index contributed by atoms with van der Waals surface area (Å²) in [4.78, 5) is 0. The highest BCUT2D eigenvalue weighted by atomic mass is 14.2. The molecule has 0 radical (unpaired) electrons. The first-order valence-corrected chi connectivity index (χ1v) is 4.42. The van der Waals surface area contributed by atoms with Gasteiger partial charge in [0, 0.05) is 0 Å². The summed E-state index contributed by atoms with van der Waals surface area (Å²) in [5.41, 5.74) is 5.33. The zero-order valence-electron chi connectivity index (χ0n) is 7.59. The lowest BCUT2D eigenvalue weighted by Gasteiger charge is -1.98. The van der Waals surface area contributed by atoms with Gasteiger partial charge in [0.15, 0.2) is 0 Å². The maximum atomic E-state index is 3.79. The molecule has 0 heteroatoms. The minimum Gasteiger partial charge on any atom is -0.0990 e. The third-order valence-electron chi connectivity index (χ3n) is 2.31. The Kier molecular flexibility index (Phi) is 1.90. The Morgan fingerprint density at radius 1 is 1.23 bits per heavy atom. The highest BCUT2D eigenvalue weighted by Gasteiger charge is 2.16. The Bertz CT molecular complexity index is 394. The lowest BCUT2D eigenvalue weighted by Crippen LogP contribution is -1.77. The molecule has 0 heterocycles. The first-order chi connectivity index (χ1) is 6.35. The maximum Gasteiger partial charge on any atom is -0.00198 e. The van der Waals surface area contributed by atoms with E-state index in [0.717, 1.165) is 5.57 Å². The van der Waals surface area contributed by atoms with Crippen LogP contribution in [-0.2, 0) is 6.42 Å². The smallest absolute Gasteiger partial charge is 0.00198 e. The van der Waals surface area contributed by atoms with Crippen molar-refractivity contribution in [1.29, 1.82) is 0 Å². The molecule has 0 atom stereocenters. The maximum absolute atomic E-state index is 3.79. The normalized spacial score (nSPS) is 13.4. The van der Waals surface area contributed by atoms with Crippen molar-refractivity contribution in [3.8, 4) is 0 Å². The van der Waals surface area contributed by atoms with E-state index in [1.807, 2.05) is 12.2 Å². The second-order valence-electron chi connectivity index (χ2n) is 3.22. The molecule has 0 saturated heterocycles. The minimum atomic E-state index is 1.14. The summed E-state index contributed by atoms with van der Waals surface area (Å²) in [6, 6.07) is 6.56. The topological polar surface area (TPSA) is 0 Å². The minimum absolute atomic E-state index is 1.14. The molecule has 0 saturated carbocycles. The van der Waals surface area contributed by atoms with E-state index in [9.17, 15) is 0 Å². The fraction of sp³-hybridized carbons (Fsp3) is 0.0769. The van der Waals surface area contributed by atoms with Gasteiger partial charge in [0.1, 0.15) is 0 Å². The monoisotopic (exact) mass is 168 g/mol. The molecule has 1 aromatic carbocycles. The van der Waals surface area contributed by atoms with Gasteiger partial charge in [-0.05, 0) is 28.7 Å². The molecule has 0 amide bonds. The predicted molar refractivity (Wildman–Crippen MR) is 57.6 cm³/mol. The standard InChI is InChI=1S/C13H12/c1-3-5-10(4-2)11-6-7-12-9-13(12)8-11/h3-8H,1-2,9H2/b10-5+. The zero-order valence-corrected chi connectivity index (χ0v) is 7.59. The van der Waals surface area contributed by atoms with E-state index < -0.39 is 0 Å². The third kappa shape index (κ3) is 1.48. The lowest BCUT2D eigenvalue weighted by molar-refractivity contribution is 1.60. The van der Waals surface area contributed by atoms with E-state index in [1.54, 1.807) is 6.08 Å². The van der Waals surface area contributed by atoms with Crippen molar-refractivity contribution in [1.82, 2.24) is 0 Å². The Labute approximate surface area is 78.9 Å². The average molecular weight is 168 g/mol. The van der Waals surface area contributed by atoms with Crippen LogP contribution in [0, 0.1) is 0 Å². The van der Waals surface area contributed by atoms with Gasteiger partial charge in [-0.3, -0.25) is 0 Å². The van der Waals surface area contributed by atoms with E-state index in [4.69, 9.17) is 0 Å². The van der Waals surface area contributed by atoms with Crippen LogP contribution >= 0.6 is 0 Å². The largest absolute Gasteiger partial charge is 0.0990 e. The van der Waals surface area contributed by atoms with Crippen LogP contribution in [0.3, 0.4) is 0 Å². The molecule has 0 aliphatic heterocycles. The van der Waals surface area contributed by atoms with Gasteiger partial charge in [-0.15, -0.1) is 0 Å². The van der Waals surface area contributed by atoms with Crippen molar-refractivity contribution in [2.45, 2.75) is 6.42 Å². The molecule has 1 aromatic rings. The molecule has 2 rings (SSSR count). The highest BCUT2D eigenvalue weighted by molar-refractivity contribution is 5.76. The van der Waals surface area contributed by atoms with Crippen LogP contribution in [0.4, 0.5) is 0 Å². The van der Waals surface area contributed by atoms with Crippen LogP contribution in [0.25, 0.3) is 5.57 Å². The summed E-state index contributed by atoms with van der Waals surface area (Å²) >= 11 is 0. The van der Waals surface area contributed by atoms with Crippen molar-refractivity contribution in [2.75, 3.05) is 0 Å². The van der Waals surface area contributed by atoms with E-state index in [1.165, 1.54) is 23.1 Å². The molecule has 0 aromatic heterocycles. The number of fused-ring (bicyclic) bond motifs is 1. The Balaban J connectivity index is 2.39. The van der Waals surface area contributed by atoms with Crippen molar-refractivity contribution in [3.63, 3.8) is 0 Å². The molecule has 0 bridgehead atoms. The quantitative estimate of drug-likeness (QED) is 0.616. The van der Waals surface area contributed by atoms with Gasteiger partial charge in [-0.2, -0.15) is 0 Å². The van der Waals surface area contributed by atoms with Gasteiger partial charge in [0.05, 0.1) is 0 Å². The second-order valence-corrected chi connectivity index (χ2v) is 3.22. The van der Waals surface area contributed by atoms with Crippen LogP contribution in [-0.4, -0.2) is 0 Å². The number of rotatable bonds is 3. The molecule has 0 N–H and O–H groups in total. The zero-order chi connectivity index (χ0) is 9.26. The summed E-state index contributed by atoms with van der Waals surface area (Å²) < 4.78 is 0. The molecule has 1 aliphatic rings. The molecule has 64 valence electrons. The van der Waals surface area contributed by atoms with Gasteiger partial charge in [0.25, 0.3) is 0 Å². The van der Waals surface area contributed by atoms with Crippen LogP contribution in [0.2, 0.25) is 0 Å². The van der Waals surface area contributed by atoms with E-state index >= 15 is 0 Å². The summed E-state index contributed by atoms with van der Waals surface area (Å²) in [6.07, 6.45) is 6.81. The Hall–Kier alpha value is -1.56. The van der Waals surface area contributed by atoms with Gasteiger partial charge < -0.3 is 0 Å². The molecule has 13 heavy (non-hydrogen) atoms. The summed E-state index contributed by atoms with van der Waals surface area (Å²) in [7, 11) is 0. The van der Waals surface area contributed by atoms with E-state index in [-0.39, 0.29) is 0 Å². The summed E-state index contributed by atoms with van der Waals surface area (Å²) in [6.45, 7) is 7.47.